The summed E-state index contributed by atoms with van der Waals surface area (Å²) in [7, 11) is 3.02. The molecule has 6 nitrogen and oxygen atoms in total. The number of ether oxygens (including phenoxy) is 2. The van der Waals surface area contributed by atoms with E-state index in [4.69, 9.17) is 21.1 Å². The zero-order chi connectivity index (χ0) is 22.1. The number of thioether (sulfide) groups is 1. The number of rotatable bonds is 10. The minimum absolute atomic E-state index is 0.00623. The molecule has 0 aliphatic rings. The lowest BCUT2D eigenvalue weighted by Crippen LogP contribution is -2.22. The van der Waals surface area contributed by atoms with Crippen molar-refractivity contribution in [2.75, 3.05) is 24.9 Å². The Labute approximate surface area is 186 Å². The number of amides is 2. The highest BCUT2D eigenvalue weighted by atomic mass is 35.5. The molecule has 0 fully saturated rings. The van der Waals surface area contributed by atoms with Gasteiger partial charge in [-0.05, 0) is 37.6 Å². The van der Waals surface area contributed by atoms with E-state index in [1.807, 2.05) is 38.1 Å². The smallest absolute Gasteiger partial charge is 0.237 e. The summed E-state index contributed by atoms with van der Waals surface area (Å²) in [6.45, 7) is 3.86. The molecule has 2 aromatic rings. The van der Waals surface area contributed by atoms with Gasteiger partial charge in [-0.25, -0.2) is 0 Å². The van der Waals surface area contributed by atoms with Crippen molar-refractivity contribution < 1.29 is 19.1 Å². The summed E-state index contributed by atoms with van der Waals surface area (Å²) in [5, 5.41) is 5.73. The summed E-state index contributed by atoms with van der Waals surface area (Å²) in [5.41, 5.74) is 1.19. The third kappa shape index (κ3) is 6.85. The molecule has 0 saturated heterocycles. The van der Waals surface area contributed by atoms with Crippen LogP contribution in [0.3, 0.4) is 0 Å². The van der Waals surface area contributed by atoms with Crippen molar-refractivity contribution in [3.05, 3.63) is 41.4 Å². The molecule has 1 unspecified atom stereocenters. The van der Waals surface area contributed by atoms with E-state index in [1.165, 1.54) is 26.0 Å². The highest BCUT2D eigenvalue weighted by Crippen LogP contribution is 2.36. The Hall–Kier alpha value is -2.38. The van der Waals surface area contributed by atoms with Gasteiger partial charge in [0, 0.05) is 23.1 Å². The molecule has 1 atom stereocenters. The largest absolute Gasteiger partial charge is 0.495 e. The molecule has 2 rings (SSSR count). The fourth-order valence-electron chi connectivity index (χ4n) is 2.66. The Morgan fingerprint density at radius 1 is 1.10 bits per heavy atom. The summed E-state index contributed by atoms with van der Waals surface area (Å²) in [6.07, 6.45) is 2.33. The van der Waals surface area contributed by atoms with Crippen LogP contribution in [0.5, 0.6) is 11.5 Å². The summed E-state index contributed by atoms with van der Waals surface area (Å²) < 4.78 is 10.5. The quantitative estimate of drug-likeness (QED) is 0.460. The molecule has 0 aromatic heterocycles. The van der Waals surface area contributed by atoms with E-state index in [9.17, 15) is 9.59 Å². The van der Waals surface area contributed by atoms with Gasteiger partial charge in [0.1, 0.15) is 11.5 Å². The van der Waals surface area contributed by atoms with Gasteiger partial charge in [-0.3, -0.25) is 9.59 Å². The summed E-state index contributed by atoms with van der Waals surface area (Å²) >= 11 is 7.56. The van der Waals surface area contributed by atoms with Crippen LogP contribution in [0.4, 0.5) is 11.4 Å². The first-order chi connectivity index (χ1) is 14.4. The first-order valence-corrected chi connectivity index (χ1v) is 10.9. The molecule has 0 saturated carbocycles. The summed E-state index contributed by atoms with van der Waals surface area (Å²) in [5.74, 6) is 0.718. The molecule has 0 radical (unpaired) electrons. The van der Waals surface area contributed by atoms with Gasteiger partial charge in [0.05, 0.1) is 30.2 Å². The zero-order valence-electron chi connectivity index (χ0n) is 17.6. The molecular weight excluding hydrogens is 424 g/mol. The van der Waals surface area contributed by atoms with Crippen molar-refractivity contribution >= 4 is 46.6 Å². The fraction of sp³-hybridized carbons (Fsp3) is 0.364. The minimum Gasteiger partial charge on any atom is -0.495 e. The predicted octanol–water partition coefficient (Wildman–Crippen LogP) is 5.61. The van der Waals surface area contributed by atoms with E-state index in [-0.39, 0.29) is 17.1 Å². The van der Waals surface area contributed by atoms with Gasteiger partial charge in [-0.2, -0.15) is 0 Å². The number of carbonyl (C=O) groups excluding carboxylic acids is 2. The Kier molecular flexibility index (Phi) is 9.33. The summed E-state index contributed by atoms with van der Waals surface area (Å²) in [6, 6.07) is 10.7. The van der Waals surface area contributed by atoms with Crippen molar-refractivity contribution in [3.8, 4) is 11.5 Å². The van der Waals surface area contributed by atoms with Gasteiger partial charge >= 0.3 is 0 Å². The van der Waals surface area contributed by atoms with Crippen LogP contribution >= 0.6 is 23.4 Å². The van der Waals surface area contributed by atoms with Gasteiger partial charge < -0.3 is 20.1 Å². The van der Waals surface area contributed by atoms with Crippen molar-refractivity contribution in [2.24, 2.45) is 0 Å². The maximum absolute atomic E-state index is 12.7. The third-order valence-electron chi connectivity index (χ3n) is 4.29. The van der Waals surface area contributed by atoms with Crippen molar-refractivity contribution in [1.29, 1.82) is 0 Å². The van der Waals surface area contributed by atoms with Crippen molar-refractivity contribution in [1.82, 2.24) is 0 Å². The molecule has 8 heteroatoms. The minimum atomic E-state index is -0.387. The van der Waals surface area contributed by atoms with E-state index in [0.717, 1.165) is 23.4 Å². The lowest BCUT2D eigenvalue weighted by atomic mass is 10.2. The molecule has 0 bridgehead atoms. The highest BCUT2D eigenvalue weighted by Gasteiger charge is 2.18. The van der Waals surface area contributed by atoms with E-state index in [0.29, 0.717) is 28.6 Å². The van der Waals surface area contributed by atoms with E-state index in [1.54, 1.807) is 12.1 Å². The van der Waals surface area contributed by atoms with E-state index >= 15 is 0 Å². The first-order valence-electron chi connectivity index (χ1n) is 9.66. The number of carbonyl (C=O) groups is 2. The second-order valence-corrected chi connectivity index (χ2v) is 8.44. The number of benzene rings is 2. The SMILES string of the molecule is CCCCC(=O)Nc1cccc(SC(C)C(=O)Nc2cc(Cl)c(OC)cc2OC)c1. The van der Waals surface area contributed by atoms with Gasteiger partial charge in [-0.15, -0.1) is 11.8 Å². The zero-order valence-corrected chi connectivity index (χ0v) is 19.2. The number of halogens is 1. The lowest BCUT2D eigenvalue weighted by Gasteiger charge is -2.16. The van der Waals surface area contributed by atoms with Gasteiger partial charge in [-0.1, -0.05) is 31.0 Å². The van der Waals surface area contributed by atoms with Gasteiger partial charge in [0.15, 0.2) is 0 Å². The first kappa shape index (κ1) is 23.9. The second kappa shape index (κ2) is 11.7. The Bertz CT molecular complexity index is 891. The normalized spacial score (nSPS) is 11.5. The topological polar surface area (TPSA) is 76.7 Å². The highest BCUT2D eigenvalue weighted by molar-refractivity contribution is 8.00. The number of anilines is 2. The van der Waals surface area contributed by atoms with Crippen LogP contribution in [0, 0.1) is 0 Å². The van der Waals surface area contributed by atoms with Crippen LogP contribution in [-0.4, -0.2) is 31.3 Å². The monoisotopic (exact) mass is 450 g/mol. The average molecular weight is 451 g/mol. The van der Waals surface area contributed by atoms with Crippen molar-refractivity contribution in [2.45, 2.75) is 43.3 Å². The maximum Gasteiger partial charge on any atom is 0.237 e. The molecule has 0 heterocycles. The number of nitrogens with one attached hydrogen (secondary N) is 2. The molecular formula is C22H27ClN2O4S. The molecule has 2 amide bonds. The lowest BCUT2D eigenvalue weighted by molar-refractivity contribution is -0.116. The maximum atomic E-state index is 12.7. The van der Waals surface area contributed by atoms with Crippen LogP contribution in [0.25, 0.3) is 0 Å². The summed E-state index contributed by atoms with van der Waals surface area (Å²) in [4.78, 5) is 25.5. The van der Waals surface area contributed by atoms with Crippen LogP contribution in [0.1, 0.15) is 33.1 Å². The molecule has 0 spiro atoms. The molecule has 30 heavy (non-hydrogen) atoms. The standard InChI is InChI=1S/C22H27ClN2O4S/c1-5-6-10-21(26)24-15-8-7-9-16(11-15)30-14(2)22(27)25-18-12-17(23)19(28-3)13-20(18)29-4/h7-9,11-14H,5-6,10H2,1-4H3,(H,24,26)(H,25,27). The van der Waals surface area contributed by atoms with Gasteiger partial charge in [0.25, 0.3) is 0 Å². The predicted molar refractivity (Wildman–Crippen MR) is 123 cm³/mol. The Morgan fingerprint density at radius 2 is 1.83 bits per heavy atom. The number of hydrogen-bond acceptors (Lipinski definition) is 5. The Balaban J connectivity index is 2.03. The second-order valence-electron chi connectivity index (χ2n) is 6.62. The van der Waals surface area contributed by atoms with Gasteiger partial charge in [0.2, 0.25) is 11.8 Å². The molecule has 2 aromatic carbocycles. The van der Waals surface area contributed by atoms with E-state index in [2.05, 4.69) is 10.6 Å². The molecule has 0 aliphatic heterocycles. The molecule has 2 N–H and O–H groups in total. The number of hydrogen-bond donors (Lipinski definition) is 2. The molecule has 162 valence electrons. The average Bonchev–Trinajstić information content (AvgIpc) is 2.72. The Morgan fingerprint density at radius 3 is 2.50 bits per heavy atom. The molecule has 0 aliphatic carbocycles. The fourth-order valence-corrected chi connectivity index (χ4v) is 3.82. The van der Waals surface area contributed by atoms with Crippen LogP contribution in [0.15, 0.2) is 41.3 Å². The van der Waals surface area contributed by atoms with Crippen molar-refractivity contribution in [3.63, 3.8) is 0 Å². The van der Waals surface area contributed by atoms with Crippen LogP contribution in [-0.2, 0) is 9.59 Å². The van der Waals surface area contributed by atoms with Crippen LogP contribution in [0.2, 0.25) is 5.02 Å². The number of methoxy groups -OCH3 is 2. The van der Waals surface area contributed by atoms with E-state index < -0.39 is 0 Å². The number of unbranched alkanes of at least 4 members (excludes halogenated alkanes) is 1. The third-order valence-corrected chi connectivity index (χ3v) is 5.68. The van der Waals surface area contributed by atoms with Crippen LogP contribution < -0.4 is 20.1 Å².